The Hall–Kier alpha value is -2.79. The smallest absolute Gasteiger partial charge is 0.161 e. The summed E-state index contributed by atoms with van der Waals surface area (Å²) >= 11 is 0. The maximum absolute atomic E-state index is 5.45. The highest BCUT2D eigenvalue weighted by molar-refractivity contribution is 5.64. The third-order valence-corrected chi connectivity index (χ3v) is 5.43. The van der Waals surface area contributed by atoms with Gasteiger partial charge in [-0.15, -0.1) is 0 Å². The Morgan fingerprint density at radius 1 is 0.964 bits per heavy atom. The quantitative estimate of drug-likeness (QED) is 0.665. The molecule has 2 heterocycles. The highest BCUT2D eigenvalue weighted by atomic mass is 16.5. The Morgan fingerprint density at radius 2 is 1.79 bits per heavy atom. The number of benzene rings is 2. The SMILES string of the molecule is COc1ccc(-c2cc3n(n2)CCCN(Cc2ccccc2C)C3)cc1OC. The van der Waals surface area contributed by atoms with E-state index in [-0.39, 0.29) is 0 Å². The lowest BCUT2D eigenvalue weighted by molar-refractivity contribution is 0.260. The number of hydrogen-bond donors (Lipinski definition) is 0. The molecule has 0 bridgehead atoms. The Bertz CT molecular complexity index is 964. The van der Waals surface area contributed by atoms with E-state index in [1.54, 1.807) is 14.2 Å². The topological polar surface area (TPSA) is 39.5 Å². The van der Waals surface area contributed by atoms with Crippen molar-refractivity contribution in [1.29, 1.82) is 0 Å². The van der Waals surface area contributed by atoms with Gasteiger partial charge >= 0.3 is 0 Å². The number of aromatic nitrogens is 2. The van der Waals surface area contributed by atoms with E-state index in [1.165, 1.54) is 16.8 Å². The summed E-state index contributed by atoms with van der Waals surface area (Å²) in [4.78, 5) is 2.52. The summed E-state index contributed by atoms with van der Waals surface area (Å²) in [7, 11) is 3.31. The van der Waals surface area contributed by atoms with Crippen molar-refractivity contribution in [3.63, 3.8) is 0 Å². The lowest BCUT2D eigenvalue weighted by Crippen LogP contribution is -2.23. The van der Waals surface area contributed by atoms with Crippen LogP contribution in [0.5, 0.6) is 11.5 Å². The molecule has 0 atom stereocenters. The first-order chi connectivity index (χ1) is 13.7. The fourth-order valence-corrected chi connectivity index (χ4v) is 3.83. The second kappa shape index (κ2) is 8.07. The zero-order chi connectivity index (χ0) is 19.5. The van der Waals surface area contributed by atoms with Gasteiger partial charge in [0, 0.05) is 31.7 Å². The minimum Gasteiger partial charge on any atom is -0.493 e. The molecule has 0 unspecified atom stereocenters. The van der Waals surface area contributed by atoms with Crippen LogP contribution in [0, 0.1) is 6.92 Å². The van der Waals surface area contributed by atoms with Crippen molar-refractivity contribution >= 4 is 0 Å². The van der Waals surface area contributed by atoms with Crippen LogP contribution in [0.25, 0.3) is 11.3 Å². The van der Waals surface area contributed by atoms with Crippen LogP contribution in [0.3, 0.4) is 0 Å². The average molecular weight is 377 g/mol. The van der Waals surface area contributed by atoms with Crippen LogP contribution < -0.4 is 9.47 Å². The highest BCUT2D eigenvalue weighted by Gasteiger charge is 2.18. The number of aryl methyl sites for hydroxylation is 2. The van der Waals surface area contributed by atoms with Crippen LogP contribution >= 0.6 is 0 Å². The minimum atomic E-state index is 0.726. The van der Waals surface area contributed by atoms with Crippen molar-refractivity contribution < 1.29 is 9.47 Å². The first kappa shape index (κ1) is 18.6. The Kier molecular flexibility index (Phi) is 5.35. The molecule has 0 fully saturated rings. The maximum Gasteiger partial charge on any atom is 0.161 e. The van der Waals surface area contributed by atoms with E-state index in [4.69, 9.17) is 14.6 Å². The summed E-state index contributed by atoms with van der Waals surface area (Å²) in [5, 5.41) is 4.86. The molecule has 0 aliphatic carbocycles. The van der Waals surface area contributed by atoms with Gasteiger partial charge in [-0.3, -0.25) is 9.58 Å². The molecule has 0 saturated carbocycles. The molecule has 1 aliphatic rings. The largest absolute Gasteiger partial charge is 0.493 e. The fourth-order valence-electron chi connectivity index (χ4n) is 3.83. The van der Waals surface area contributed by atoms with E-state index < -0.39 is 0 Å². The lowest BCUT2D eigenvalue weighted by Gasteiger charge is -2.20. The van der Waals surface area contributed by atoms with Gasteiger partial charge in [0.15, 0.2) is 11.5 Å². The first-order valence-electron chi connectivity index (χ1n) is 9.74. The van der Waals surface area contributed by atoms with Crippen molar-refractivity contribution in [3.8, 4) is 22.8 Å². The normalized spacial score (nSPS) is 14.4. The number of hydrogen-bond acceptors (Lipinski definition) is 4. The summed E-state index contributed by atoms with van der Waals surface area (Å²) in [6.45, 7) is 6.11. The highest BCUT2D eigenvalue weighted by Crippen LogP contribution is 2.32. The van der Waals surface area contributed by atoms with Crippen molar-refractivity contribution in [2.24, 2.45) is 0 Å². The molecule has 146 valence electrons. The van der Waals surface area contributed by atoms with Gasteiger partial charge in [0.05, 0.1) is 25.6 Å². The predicted octanol–water partition coefficient (Wildman–Crippen LogP) is 4.28. The lowest BCUT2D eigenvalue weighted by atomic mass is 10.1. The van der Waals surface area contributed by atoms with E-state index in [2.05, 4.69) is 46.8 Å². The van der Waals surface area contributed by atoms with Gasteiger partial charge in [-0.2, -0.15) is 5.10 Å². The number of rotatable bonds is 5. The molecule has 1 aliphatic heterocycles. The van der Waals surface area contributed by atoms with Gasteiger partial charge in [0.2, 0.25) is 0 Å². The van der Waals surface area contributed by atoms with Crippen molar-refractivity contribution in [3.05, 3.63) is 65.4 Å². The van der Waals surface area contributed by atoms with Crippen LogP contribution in [0.4, 0.5) is 0 Å². The average Bonchev–Trinajstić information content (AvgIpc) is 3.02. The molecule has 5 nitrogen and oxygen atoms in total. The van der Waals surface area contributed by atoms with Gasteiger partial charge < -0.3 is 9.47 Å². The summed E-state index contributed by atoms with van der Waals surface area (Å²) in [5.41, 5.74) is 6.04. The van der Waals surface area contributed by atoms with Crippen LogP contribution in [0.15, 0.2) is 48.5 Å². The minimum absolute atomic E-state index is 0.726. The molecule has 5 heteroatoms. The predicted molar refractivity (Wildman–Crippen MR) is 111 cm³/mol. The third kappa shape index (κ3) is 3.76. The van der Waals surface area contributed by atoms with E-state index in [9.17, 15) is 0 Å². The van der Waals surface area contributed by atoms with Crippen LogP contribution in [0.1, 0.15) is 23.2 Å². The number of fused-ring (bicyclic) bond motifs is 1. The molecule has 2 aromatic carbocycles. The maximum atomic E-state index is 5.45. The standard InChI is InChI=1S/C23H27N3O2/c1-17-7-4-5-8-19(17)15-25-11-6-12-26-20(16-25)14-21(24-26)18-9-10-22(27-2)23(13-18)28-3/h4-5,7-10,13-14H,6,11-12,15-16H2,1-3H3. The Morgan fingerprint density at radius 3 is 2.57 bits per heavy atom. The van der Waals surface area contributed by atoms with Gasteiger partial charge in [-0.1, -0.05) is 24.3 Å². The molecule has 4 rings (SSSR count). The first-order valence-corrected chi connectivity index (χ1v) is 9.74. The van der Waals surface area contributed by atoms with Gasteiger partial charge in [-0.05, 0) is 48.7 Å². The van der Waals surface area contributed by atoms with E-state index in [1.807, 2.05) is 18.2 Å². The van der Waals surface area contributed by atoms with Crippen molar-refractivity contribution in [2.45, 2.75) is 33.0 Å². The fraction of sp³-hybridized carbons (Fsp3) is 0.348. The van der Waals surface area contributed by atoms with Gasteiger partial charge in [-0.25, -0.2) is 0 Å². The van der Waals surface area contributed by atoms with Gasteiger partial charge in [0.1, 0.15) is 0 Å². The van der Waals surface area contributed by atoms with Crippen LogP contribution in [-0.2, 0) is 19.6 Å². The molecular weight excluding hydrogens is 350 g/mol. The number of nitrogens with zero attached hydrogens (tertiary/aromatic N) is 3. The van der Waals surface area contributed by atoms with Gasteiger partial charge in [0.25, 0.3) is 0 Å². The van der Waals surface area contributed by atoms with Crippen LogP contribution in [-0.4, -0.2) is 35.4 Å². The zero-order valence-electron chi connectivity index (χ0n) is 16.8. The summed E-state index contributed by atoms with van der Waals surface area (Å²) < 4.78 is 13.0. The van der Waals surface area contributed by atoms with Crippen molar-refractivity contribution in [2.75, 3.05) is 20.8 Å². The molecule has 0 amide bonds. The molecule has 0 spiro atoms. The molecule has 0 N–H and O–H groups in total. The Balaban J connectivity index is 1.57. The third-order valence-electron chi connectivity index (χ3n) is 5.43. The molecule has 3 aromatic rings. The second-order valence-electron chi connectivity index (χ2n) is 7.30. The van der Waals surface area contributed by atoms with Crippen LogP contribution in [0.2, 0.25) is 0 Å². The molecule has 1 aromatic heterocycles. The number of ether oxygens (including phenoxy) is 2. The summed E-state index contributed by atoms with van der Waals surface area (Å²) in [6, 6.07) is 16.8. The molecule has 0 radical (unpaired) electrons. The van der Waals surface area contributed by atoms with E-state index in [0.29, 0.717) is 0 Å². The summed E-state index contributed by atoms with van der Waals surface area (Å²) in [5.74, 6) is 1.46. The van der Waals surface area contributed by atoms with E-state index >= 15 is 0 Å². The second-order valence-corrected chi connectivity index (χ2v) is 7.30. The molecule has 28 heavy (non-hydrogen) atoms. The monoisotopic (exact) mass is 377 g/mol. The molecular formula is C23H27N3O2. The summed E-state index contributed by atoms with van der Waals surface area (Å²) in [6.07, 6.45) is 1.10. The zero-order valence-corrected chi connectivity index (χ0v) is 16.8. The van der Waals surface area contributed by atoms with E-state index in [0.717, 1.165) is 55.4 Å². The Labute approximate surface area is 166 Å². The number of methoxy groups -OCH3 is 2. The molecule has 0 saturated heterocycles. The van der Waals surface area contributed by atoms with Crippen molar-refractivity contribution in [1.82, 2.24) is 14.7 Å².